The van der Waals surface area contributed by atoms with Gasteiger partial charge in [0.25, 0.3) is 5.56 Å². The lowest BCUT2D eigenvalue weighted by atomic mass is 10.2. The van der Waals surface area contributed by atoms with Crippen LogP contribution in [0.25, 0.3) is 22.7 Å². The van der Waals surface area contributed by atoms with Crippen molar-refractivity contribution in [3.8, 4) is 5.69 Å². The van der Waals surface area contributed by atoms with Gasteiger partial charge in [-0.25, -0.2) is 4.98 Å². The Morgan fingerprint density at radius 3 is 2.88 bits per heavy atom. The Bertz CT molecular complexity index is 1040. The van der Waals surface area contributed by atoms with Crippen LogP contribution >= 0.6 is 11.8 Å². The number of rotatable bonds is 3. The first kappa shape index (κ1) is 17.0. The van der Waals surface area contributed by atoms with Crippen LogP contribution in [0.1, 0.15) is 18.4 Å². The van der Waals surface area contributed by atoms with Gasteiger partial charge in [-0.3, -0.25) is 19.7 Å². The third-order valence-electron chi connectivity index (χ3n) is 4.47. The van der Waals surface area contributed by atoms with Crippen LogP contribution in [-0.2, 0) is 0 Å². The normalized spacial score (nSPS) is 20.2. The van der Waals surface area contributed by atoms with Crippen molar-refractivity contribution >= 4 is 28.7 Å². The lowest BCUT2D eigenvalue weighted by molar-refractivity contribution is 0.672. The molecule has 0 bridgehead atoms. The molecule has 1 fully saturated rings. The van der Waals surface area contributed by atoms with Gasteiger partial charge < -0.3 is 0 Å². The lowest BCUT2D eigenvalue weighted by Crippen LogP contribution is -2.26. The van der Waals surface area contributed by atoms with Crippen molar-refractivity contribution in [2.24, 2.45) is 0 Å². The van der Waals surface area contributed by atoms with E-state index >= 15 is 0 Å². The van der Waals surface area contributed by atoms with Crippen LogP contribution in [0, 0.1) is 6.92 Å². The van der Waals surface area contributed by atoms with Crippen LogP contribution in [0.2, 0.25) is 0 Å². The molecule has 0 radical (unpaired) electrons. The monoisotopic (exact) mass is 364 g/mol. The summed E-state index contributed by atoms with van der Waals surface area (Å²) in [5.41, 5.74) is 2.19. The van der Waals surface area contributed by atoms with E-state index in [0.717, 1.165) is 17.1 Å². The van der Waals surface area contributed by atoms with Crippen molar-refractivity contribution in [3.63, 3.8) is 0 Å². The maximum absolute atomic E-state index is 13.2. The maximum Gasteiger partial charge on any atom is 0.266 e. The number of aromatic nitrogens is 3. The minimum Gasteiger partial charge on any atom is -0.298 e. The molecule has 1 N–H and O–H groups in total. The zero-order valence-corrected chi connectivity index (χ0v) is 15.5. The summed E-state index contributed by atoms with van der Waals surface area (Å²) in [4.78, 5) is 22.3. The molecule has 3 aromatic rings. The Hall–Kier alpha value is -2.44. The summed E-state index contributed by atoms with van der Waals surface area (Å²) in [6.45, 7) is 4.06. The molecule has 0 spiro atoms. The molecular formula is C20H20N4OS. The molecule has 1 unspecified atom stereocenters. The van der Waals surface area contributed by atoms with Crippen molar-refractivity contribution in [2.45, 2.75) is 25.3 Å². The van der Waals surface area contributed by atoms with Crippen LogP contribution in [0.3, 0.4) is 0 Å². The van der Waals surface area contributed by atoms with Gasteiger partial charge in [-0.2, -0.15) is 0 Å². The van der Waals surface area contributed by atoms with E-state index in [1.54, 1.807) is 10.8 Å². The van der Waals surface area contributed by atoms with Gasteiger partial charge in [0, 0.05) is 18.0 Å². The highest BCUT2D eigenvalue weighted by atomic mass is 32.2. The highest BCUT2D eigenvalue weighted by Gasteiger charge is 2.19. The molecule has 1 aromatic carbocycles. The van der Waals surface area contributed by atoms with Crippen molar-refractivity contribution in [1.29, 1.82) is 0 Å². The summed E-state index contributed by atoms with van der Waals surface area (Å²) in [7, 11) is 0. The zero-order valence-electron chi connectivity index (χ0n) is 14.7. The van der Waals surface area contributed by atoms with E-state index in [0.29, 0.717) is 22.1 Å². The highest BCUT2D eigenvalue weighted by molar-refractivity contribution is 8.00. The van der Waals surface area contributed by atoms with Crippen molar-refractivity contribution in [2.75, 3.05) is 5.75 Å². The molecule has 2 aromatic heterocycles. The SMILES string of the molecule is Cc1ncccc1-n1c(/C=C/C2CS[C@H](C)N2)nc2ccccc2c1=O. The molecule has 1 aliphatic heterocycles. The van der Waals surface area contributed by atoms with E-state index in [2.05, 4.69) is 23.3 Å². The summed E-state index contributed by atoms with van der Waals surface area (Å²) in [6.07, 6.45) is 5.76. The second-order valence-corrected chi connectivity index (χ2v) is 7.72. The maximum atomic E-state index is 13.2. The second kappa shape index (κ2) is 7.05. The molecule has 6 heteroatoms. The fourth-order valence-electron chi connectivity index (χ4n) is 3.17. The van der Waals surface area contributed by atoms with E-state index < -0.39 is 0 Å². The van der Waals surface area contributed by atoms with E-state index in [1.165, 1.54) is 0 Å². The summed E-state index contributed by atoms with van der Waals surface area (Å²) < 4.78 is 1.66. The molecule has 5 nitrogen and oxygen atoms in total. The number of para-hydroxylation sites is 1. The quantitative estimate of drug-likeness (QED) is 0.774. The molecule has 1 aliphatic rings. The number of thioether (sulfide) groups is 1. The van der Waals surface area contributed by atoms with Gasteiger partial charge in [-0.15, -0.1) is 11.8 Å². The smallest absolute Gasteiger partial charge is 0.266 e. The van der Waals surface area contributed by atoms with E-state index in [-0.39, 0.29) is 11.6 Å². The molecule has 1 saturated heterocycles. The van der Waals surface area contributed by atoms with Gasteiger partial charge in [0.2, 0.25) is 0 Å². The Morgan fingerprint density at radius 1 is 1.27 bits per heavy atom. The number of pyridine rings is 1. The lowest BCUT2D eigenvalue weighted by Gasteiger charge is -2.13. The van der Waals surface area contributed by atoms with Crippen LogP contribution in [0.4, 0.5) is 0 Å². The predicted octanol–water partition coefficient (Wildman–Crippen LogP) is 3.15. The van der Waals surface area contributed by atoms with Gasteiger partial charge in [-0.05, 0) is 44.2 Å². The van der Waals surface area contributed by atoms with Crippen LogP contribution < -0.4 is 10.9 Å². The van der Waals surface area contributed by atoms with Crippen molar-refractivity contribution in [3.05, 3.63) is 70.5 Å². The molecule has 4 rings (SSSR count). The van der Waals surface area contributed by atoms with Crippen LogP contribution in [-0.4, -0.2) is 31.7 Å². The third-order valence-corrected chi connectivity index (χ3v) is 5.66. The van der Waals surface area contributed by atoms with Crippen LogP contribution in [0.5, 0.6) is 0 Å². The van der Waals surface area contributed by atoms with Crippen molar-refractivity contribution in [1.82, 2.24) is 19.9 Å². The Labute approximate surface area is 156 Å². The largest absolute Gasteiger partial charge is 0.298 e. The highest BCUT2D eigenvalue weighted by Crippen LogP contribution is 2.20. The summed E-state index contributed by atoms with van der Waals surface area (Å²) in [5, 5.41) is 4.54. The Morgan fingerprint density at radius 2 is 2.12 bits per heavy atom. The zero-order chi connectivity index (χ0) is 18.1. The summed E-state index contributed by atoms with van der Waals surface area (Å²) in [5.74, 6) is 1.64. The minimum atomic E-state index is -0.0755. The number of nitrogens with zero attached hydrogens (tertiary/aromatic N) is 3. The van der Waals surface area contributed by atoms with Gasteiger partial charge >= 0.3 is 0 Å². The number of nitrogens with one attached hydrogen (secondary N) is 1. The average molecular weight is 364 g/mol. The topological polar surface area (TPSA) is 59.8 Å². The molecule has 132 valence electrons. The first-order valence-corrected chi connectivity index (χ1v) is 9.68. The number of hydrogen-bond donors (Lipinski definition) is 1. The molecular weight excluding hydrogens is 344 g/mol. The van der Waals surface area contributed by atoms with E-state index in [1.807, 2.05) is 61.2 Å². The fourth-order valence-corrected chi connectivity index (χ4v) is 4.14. The molecule has 2 atom stereocenters. The van der Waals surface area contributed by atoms with Gasteiger partial charge in [0.05, 0.1) is 27.7 Å². The standard InChI is InChI=1S/C20H20N4OS/c1-13-18(8-5-11-21-13)24-19(10-9-15-12-26-14(2)22-15)23-17-7-4-3-6-16(17)20(24)25/h3-11,14-15,22H,12H2,1-2H3/b10-9+/t14-,15?/m1/s1. The first-order chi connectivity index (χ1) is 12.6. The fraction of sp³-hybridized carbons (Fsp3) is 0.250. The van der Waals surface area contributed by atoms with Crippen molar-refractivity contribution < 1.29 is 0 Å². The molecule has 0 amide bonds. The first-order valence-electron chi connectivity index (χ1n) is 8.63. The molecule has 3 heterocycles. The number of hydrogen-bond acceptors (Lipinski definition) is 5. The number of aryl methyl sites for hydroxylation is 1. The molecule has 26 heavy (non-hydrogen) atoms. The molecule has 0 aliphatic carbocycles. The summed E-state index contributed by atoms with van der Waals surface area (Å²) >= 11 is 1.89. The Kier molecular flexibility index (Phi) is 4.61. The average Bonchev–Trinajstić information content (AvgIpc) is 3.06. The second-order valence-electron chi connectivity index (χ2n) is 6.34. The number of fused-ring (bicyclic) bond motifs is 1. The van der Waals surface area contributed by atoms with E-state index in [4.69, 9.17) is 4.98 Å². The number of benzene rings is 1. The Balaban J connectivity index is 1.90. The van der Waals surface area contributed by atoms with Gasteiger partial charge in [0.15, 0.2) is 0 Å². The predicted molar refractivity (Wildman–Crippen MR) is 108 cm³/mol. The van der Waals surface area contributed by atoms with Gasteiger partial charge in [0.1, 0.15) is 5.82 Å². The van der Waals surface area contributed by atoms with E-state index in [9.17, 15) is 4.79 Å². The van der Waals surface area contributed by atoms with Gasteiger partial charge in [-0.1, -0.05) is 18.2 Å². The third kappa shape index (κ3) is 3.18. The summed E-state index contributed by atoms with van der Waals surface area (Å²) in [6, 6.07) is 11.5. The van der Waals surface area contributed by atoms with Crippen LogP contribution in [0.15, 0.2) is 53.5 Å². The molecule has 0 saturated carbocycles. The minimum absolute atomic E-state index is 0.0755.